The van der Waals surface area contributed by atoms with Crippen LogP contribution in [0.1, 0.15) is 66.2 Å². The van der Waals surface area contributed by atoms with Gasteiger partial charge in [-0.1, -0.05) is 83.4 Å². The van der Waals surface area contributed by atoms with Gasteiger partial charge in [-0.15, -0.1) is 0 Å². The van der Waals surface area contributed by atoms with E-state index in [2.05, 4.69) is 17.7 Å². The number of hydrogen-bond acceptors (Lipinski definition) is 5. The van der Waals surface area contributed by atoms with Crippen LogP contribution in [0.5, 0.6) is 0 Å². The van der Waals surface area contributed by atoms with E-state index < -0.39 is 25.6 Å². The number of rotatable bonds is 17. The third kappa shape index (κ3) is 17.1. The predicted molar refractivity (Wildman–Crippen MR) is 146 cm³/mol. The van der Waals surface area contributed by atoms with Crippen LogP contribution in [-0.2, 0) is 4.79 Å². The summed E-state index contributed by atoms with van der Waals surface area (Å²) in [6.45, 7) is 8.82. The maximum Gasteiger partial charge on any atom is 0.392 e. The van der Waals surface area contributed by atoms with Crippen molar-refractivity contribution < 1.29 is 27.5 Å². The first-order chi connectivity index (χ1) is 18.2. The minimum atomic E-state index is -4.42. The molecule has 0 spiro atoms. The van der Waals surface area contributed by atoms with Crippen LogP contribution in [-0.4, -0.2) is 66.3 Å². The Balaban J connectivity index is 0.00000667. The highest BCUT2D eigenvalue weighted by atomic mass is 19.4. The molecule has 6 nitrogen and oxygen atoms in total. The molecule has 0 saturated heterocycles. The number of carbonyl (C=O) groups excluding carboxylic acids is 1. The molecule has 0 aliphatic heterocycles. The second-order valence-corrected chi connectivity index (χ2v) is 8.35. The molecule has 0 fully saturated rings. The molecule has 1 unspecified atom stereocenters. The molecule has 0 heterocycles. The lowest BCUT2D eigenvalue weighted by Crippen LogP contribution is -2.51. The van der Waals surface area contributed by atoms with Crippen LogP contribution < -0.4 is 10.7 Å². The molecule has 1 aliphatic rings. The van der Waals surface area contributed by atoms with Gasteiger partial charge in [0.25, 0.3) is 5.91 Å². The Kier molecular flexibility index (Phi) is 20.1. The first-order valence-electron chi connectivity index (χ1n) is 13.5. The third-order valence-electron chi connectivity index (χ3n) is 5.45. The van der Waals surface area contributed by atoms with E-state index in [1.54, 1.807) is 17.9 Å². The standard InChI is InChI=1S/C26H40F4N4O2.C2H6/c1-3-5-6-11-19-34(32-24(35)22-13-9-7-8-10-14-22)21-20-33(4-2)25(36)31-23(15-12-18-27)16-17-26(28,29)30;1-2/h7-9,12-16,25,31,36H,3-6,10-11,17-21H2,1-2H3,(H,32,35);1-2H3/b15-12-,23-16+;. The van der Waals surface area contributed by atoms with Gasteiger partial charge in [-0.2, -0.15) is 13.2 Å². The molecule has 1 rings (SSSR count). The van der Waals surface area contributed by atoms with Gasteiger partial charge in [-0.05, 0) is 31.5 Å². The summed E-state index contributed by atoms with van der Waals surface area (Å²) < 4.78 is 50.4. The van der Waals surface area contributed by atoms with Gasteiger partial charge in [0, 0.05) is 30.9 Å². The van der Waals surface area contributed by atoms with Gasteiger partial charge in [0.1, 0.15) is 6.67 Å². The first kappa shape index (κ1) is 35.6. The first-order valence-corrected chi connectivity index (χ1v) is 13.5. The van der Waals surface area contributed by atoms with E-state index in [0.29, 0.717) is 38.2 Å². The normalized spacial score (nSPS) is 14.8. The number of aliphatic hydroxyl groups is 1. The number of aliphatic hydroxyl groups excluding tert-OH is 1. The number of likely N-dealkylation sites (N-methyl/N-ethyl adjacent to an activating group) is 1. The van der Waals surface area contributed by atoms with Crippen molar-refractivity contribution in [3.05, 3.63) is 59.9 Å². The number of unbranched alkanes of at least 4 members (excludes halogenated alkanes) is 3. The van der Waals surface area contributed by atoms with Crippen molar-refractivity contribution in [2.45, 2.75) is 78.7 Å². The molecule has 38 heavy (non-hydrogen) atoms. The van der Waals surface area contributed by atoms with Gasteiger partial charge in [0.05, 0.1) is 6.42 Å². The van der Waals surface area contributed by atoms with Gasteiger partial charge in [-0.3, -0.25) is 15.1 Å². The van der Waals surface area contributed by atoms with Crippen molar-refractivity contribution in [1.82, 2.24) is 20.7 Å². The average molecular weight is 547 g/mol. The molecule has 1 aliphatic carbocycles. The van der Waals surface area contributed by atoms with E-state index in [1.807, 2.05) is 43.2 Å². The molecule has 0 radical (unpaired) electrons. The minimum Gasteiger partial charge on any atom is -0.361 e. The van der Waals surface area contributed by atoms with Gasteiger partial charge in [0.2, 0.25) is 0 Å². The lowest BCUT2D eigenvalue weighted by atomic mass is 10.2. The molecule has 3 N–H and O–H groups in total. The minimum absolute atomic E-state index is 0.0265. The van der Waals surface area contributed by atoms with Gasteiger partial charge in [0.15, 0.2) is 6.35 Å². The highest BCUT2D eigenvalue weighted by Gasteiger charge is 2.25. The van der Waals surface area contributed by atoms with Crippen LogP contribution in [0.3, 0.4) is 0 Å². The fourth-order valence-electron chi connectivity index (χ4n) is 3.42. The summed E-state index contributed by atoms with van der Waals surface area (Å²) in [6.07, 6.45) is 10.2. The molecular weight excluding hydrogens is 500 g/mol. The largest absolute Gasteiger partial charge is 0.392 e. The SMILES string of the molecule is CC.CCCCCCN(CCN(CC)C(O)NC(/C=C\CF)=C/CC(F)(F)F)NC(=O)C1=CCC=CC=C1. The van der Waals surface area contributed by atoms with E-state index in [4.69, 9.17) is 0 Å². The molecule has 0 aromatic rings. The van der Waals surface area contributed by atoms with Crippen molar-refractivity contribution in [1.29, 1.82) is 0 Å². The Morgan fingerprint density at radius 2 is 1.87 bits per heavy atom. The fourth-order valence-corrected chi connectivity index (χ4v) is 3.42. The zero-order valence-corrected chi connectivity index (χ0v) is 23.2. The van der Waals surface area contributed by atoms with Gasteiger partial charge >= 0.3 is 6.18 Å². The van der Waals surface area contributed by atoms with Crippen LogP contribution in [0.25, 0.3) is 0 Å². The van der Waals surface area contributed by atoms with E-state index in [9.17, 15) is 27.5 Å². The summed E-state index contributed by atoms with van der Waals surface area (Å²) in [5, 5.41) is 15.0. The Labute approximate surface area is 225 Å². The van der Waals surface area contributed by atoms with Gasteiger partial charge in [-0.25, -0.2) is 9.40 Å². The quantitative estimate of drug-likeness (QED) is 0.0695. The van der Waals surface area contributed by atoms with E-state index >= 15 is 0 Å². The van der Waals surface area contributed by atoms with E-state index in [0.717, 1.165) is 37.8 Å². The number of halogens is 4. The van der Waals surface area contributed by atoms with Crippen molar-refractivity contribution in [3.8, 4) is 0 Å². The second kappa shape index (κ2) is 21.5. The van der Waals surface area contributed by atoms with Crippen LogP contribution >= 0.6 is 0 Å². The molecule has 10 heteroatoms. The molecular formula is C28H46F4N4O2. The van der Waals surface area contributed by atoms with E-state index in [-0.39, 0.29) is 11.6 Å². The third-order valence-corrected chi connectivity index (χ3v) is 5.45. The Morgan fingerprint density at radius 3 is 2.50 bits per heavy atom. The fraction of sp³-hybridized carbons (Fsp3) is 0.607. The highest BCUT2D eigenvalue weighted by molar-refractivity contribution is 5.96. The lowest BCUT2D eigenvalue weighted by molar-refractivity contribution is -0.125. The summed E-state index contributed by atoms with van der Waals surface area (Å²) >= 11 is 0. The van der Waals surface area contributed by atoms with Crippen LogP contribution in [0.15, 0.2) is 59.9 Å². The molecule has 218 valence electrons. The van der Waals surface area contributed by atoms with Crippen molar-refractivity contribution in [3.63, 3.8) is 0 Å². The summed E-state index contributed by atoms with van der Waals surface area (Å²) in [4.78, 5) is 14.4. The number of alkyl halides is 4. The van der Waals surface area contributed by atoms with Crippen LogP contribution in [0, 0.1) is 0 Å². The topological polar surface area (TPSA) is 67.8 Å². The van der Waals surface area contributed by atoms with E-state index in [1.165, 1.54) is 6.08 Å². The Morgan fingerprint density at radius 1 is 1.13 bits per heavy atom. The second-order valence-electron chi connectivity index (χ2n) is 8.35. The number of carbonyl (C=O) groups is 1. The highest BCUT2D eigenvalue weighted by Crippen LogP contribution is 2.20. The summed E-state index contributed by atoms with van der Waals surface area (Å²) in [5.74, 6) is -0.221. The number of nitrogens with one attached hydrogen (secondary N) is 2. The molecule has 0 saturated carbocycles. The number of amides is 1. The molecule has 1 amide bonds. The van der Waals surface area contributed by atoms with Crippen LogP contribution in [0.4, 0.5) is 17.6 Å². The maximum atomic E-state index is 12.8. The molecule has 1 atom stereocenters. The number of allylic oxidation sites excluding steroid dienone is 7. The van der Waals surface area contributed by atoms with Crippen molar-refractivity contribution >= 4 is 5.91 Å². The summed E-state index contributed by atoms with van der Waals surface area (Å²) in [7, 11) is 0. The number of hydrogen-bond donors (Lipinski definition) is 3. The van der Waals surface area contributed by atoms with Gasteiger partial charge < -0.3 is 10.4 Å². The average Bonchev–Trinajstić information content (AvgIpc) is 3.19. The molecule has 0 aromatic heterocycles. The summed E-state index contributed by atoms with van der Waals surface area (Å²) in [5.41, 5.74) is 3.48. The molecule has 0 bridgehead atoms. The van der Waals surface area contributed by atoms with Crippen molar-refractivity contribution in [2.75, 3.05) is 32.9 Å². The lowest BCUT2D eigenvalue weighted by Gasteiger charge is -2.31. The Bertz CT molecular complexity index is 792. The summed E-state index contributed by atoms with van der Waals surface area (Å²) in [6, 6.07) is 0. The zero-order chi connectivity index (χ0) is 28.8. The number of nitrogens with zero attached hydrogens (tertiary/aromatic N) is 2. The van der Waals surface area contributed by atoms with Crippen molar-refractivity contribution in [2.24, 2.45) is 0 Å². The number of hydrazine groups is 1. The monoisotopic (exact) mass is 546 g/mol. The maximum absolute atomic E-state index is 12.8. The molecule has 0 aromatic carbocycles. The van der Waals surface area contributed by atoms with Crippen LogP contribution in [0.2, 0.25) is 0 Å². The zero-order valence-electron chi connectivity index (χ0n) is 23.2. The predicted octanol–water partition coefficient (Wildman–Crippen LogP) is 5.92. The smallest absolute Gasteiger partial charge is 0.361 e. The Hall–Kier alpha value is -2.43.